The maximum Gasteiger partial charge on any atom is 0.0858 e. The zero-order valence-electron chi connectivity index (χ0n) is 25.1. The SMILES string of the molecule is CCN(CC)c1ccc(/N=N/c2ccc(N3CCN(c4ccc(/N=N/c5ccc(N(C)C)cc5)cc4)CC3)cc2)cc1. The largest absolute Gasteiger partial charge is 0.378 e. The minimum Gasteiger partial charge on any atom is -0.378 e. The van der Waals surface area contributed by atoms with E-state index in [4.69, 9.17) is 0 Å². The Labute approximate surface area is 249 Å². The molecule has 0 aromatic heterocycles. The van der Waals surface area contributed by atoms with Crippen molar-refractivity contribution < 1.29 is 0 Å². The number of azo groups is 2. The van der Waals surface area contributed by atoms with Gasteiger partial charge in [0.15, 0.2) is 0 Å². The molecule has 1 aliphatic rings. The van der Waals surface area contributed by atoms with E-state index in [0.29, 0.717) is 0 Å². The van der Waals surface area contributed by atoms with E-state index < -0.39 is 0 Å². The summed E-state index contributed by atoms with van der Waals surface area (Å²) < 4.78 is 0. The fourth-order valence-electron chi connectivity index (χ4n) is 5.05. The smallest absolute Gasteiger partial charge is 0.0858 e. The molecule has 0 spiro atoms. The first kappa shape index (κ1) is 28.8. The molecule has 0 amide bonds. The number of hydrogen-bond acceptors (Lipinski definition) is 8. The summed E-state index contributed by atoms with van der Waals surface area (Å²) in [5.41, 5.74) is 8.19. The number of hydrogen-bond donors (Lipinski definition) is 0. The molecule has 0 saturated carbocycles. The highest BCUT2D eigenvalue weighted by Crippen LogP contribution is 2.27. The molecule has 4 aromatic carbocycles. The molecular weight excluding hydrogens is 520 g/mol. The highest BCUT2D eigenvalue weighted by molar-refractivity contribution is 5.58. The average molecular weight is 561 g/mol. The summed E-state index contributed by atoms with van der Waals surface area (Å²) in [6, 6.07) is 33.0. The molecule has 0 bridgehead atoms. The lowest BCUT2D eigenvalue weighted by Gasteiger charge is -2.37. The number of nitrogens with zero attached hydrogens (tertiary/aromatic N) is 8. The van der Waals surface area contributed by atoms with Crippen LogP contribution < -0.4 is 19.6 Å². The van der Waals surface area contributed by atoms with Gasteiger partial charge in [0.1, 0.15) is 0 Å². The molecule has 0 unspecified atom stereocenters. The highest BCUT2D eigenvalue weighted by atomic mass is 15.3. The van der Waals surface area contributed by atoms with Crippen molar-refractivity contribution in [2.24, 2.45) is 20.5 Å². The van der Waals surface area contributed by atoms with Gasteiger partial charge >= 0.3 is 0 Å². The zero-order valence-corrected chi connectivity index (χ0v) is 25.1. The first-order valence-electron chi connectivity index (χ1n) is 14.7. The van der Waals surface area contributed by atoms with Crippen LogP contribution >= 0.6 is 0 Å². The fraction of sp³-hybridized carbons (Fsp3) is 0.294. The van der Waals surface area contributed by atoms with Gasteiger partial charge < -0.3 is 19.6 Å². The van der Waals surface area contributed by atoms with Crippen LogP contribution in [0.2, 0.25) is 0 Å². The van der Waals surface area contributed by atoms with Crippen LogP contribution in [0.3, 0.4) is 0 Å². The van der Waals surface area contributed by atoms with Gasteiger partial charge in [-0.25, -0.2) is 0 Å². The molecule has 8 nitrogen and oxygen atoms in total. The molecular formula is C34H40N8. The van der Waals surface area contributed by atoms with Crippen molar-refractivity contribution in [3.05, 3.63) is 97.1 Å². The minimum atomic E-state index is 0.845. The molecule has 0 aliphatic carbocycles. The molecule has 42 heavy (non-hydrogen) atoms. The number of piperazine rings is 1. The summed E-state index contributed by atoms with van der Waals surface area (Å²) in [4.78, 5) is 9.23. The summed E-state index contributed by atoms with van der Waals surface area (Å²) in [6.07, 6.45) is 0. The van der Waals surface area contributed by atoms with Crippen LogP contribution in [0.1, 0.15) is 13.8 Å². The van der Waals surface area contributed by atoms with Crippen LogP contribution in [-0.4, -0.2) is 53.4 Å². The Bertz CT molecular complexity index is 1450. The molecule has 216 valence electrons. The Morgan fingerprint density at radius 3 is 1.10 bits per heavy atom. The number of anilines is 4. The molecule has 8 heteroatoms. The lowest BCUT2D eigenvalue weighted by atomic mass is 10.2. The Morgan fingerprint density at radius 1 is 0.476 bits per heavy atom. The van der Waals surface area contributed by atoms with Gasteiger partial charge in [-0.2, -0.15) is 20.5 Å². The van der Waals surface area contributed by atoms with E-state index in [-0.39, 0.29) is 0 Å². The zero-order chi connectivity index (χ0) is 29.3. The molecule has 1 saturated heterocycles. The molecule has 0 radical (unpaired) electrons. The van der Waals surface area contributed by atoms with E-state index in [1.54, 1.807) is 0 Å². The van der Waals surface area contributed by atoms with Crippen molar-refractivity contribution in [2.75, 3.05) is 73.0 Å². The van der Waals surface area contributed by atoms with E-state index in [9.17, 15) is 0 Å². The van der Waals surface area contributed by atoms with Crippen LogP contribution in [-0.2, 0) is 0 Å². The van der Waals surface area contributed by atoms with Crippen molar-refractivity contribution in [1.29, 1.82) is 0 Å². The highest BCUT2D eigenvalue weighted by Gasteiger charge is 2.17. The van der Waals surface area contributed by atoms with Crippen molar-refractivity contribution in [1.82, 2.24) is 0 Å². The van der Waals surface area contributed by atoms with Crippen LogP contribution in [0.4, 0.5) is 45.5 Å². The summed E-state index contributed by atoms with van der Waals surface area (Å²) in [5, 5.41) is 17.7. The van der Waals surface area contributed by atoms with Crippen molar-refractivity contribution >= 4 is 45.5 Å². The molecule has 4 aromatic rings. The van der Waals surface area contributed by atoms with E-state index >= 15 is 0 Å². The van der Waals surface area contributed by atoms with E-state index in [2.05, 4.69) is 90.3 Å². The summed E-state index contributed by atoms with van der Waals surface area (Å²) in [6.45, 7) is 10.2. The van der Waals surface area contributed by atoms with Crippen LogP contribution in [0.5, 0.6) is 0 Å². The van der Waals surface area contributed by atoms with Gasteiger partial charge in [-0.15, -0.1) is 0 Å². The molecule has 0 N–H and O–H groups in total. The standard InChI is InChI=1S/C34H40N8/c1-5-40(6-2)32-17-9-28(10-18-32)36-38-30-13-21-34(22-14-30)42-25-23-41(24-26-42)33-19-11-29(12-20-33)37-35-27-7-15-31(16-8-27)39(3)4/h7-22H,5-6,23-26H2,1-4H3/b37-35+,38-36+. The van der Waals surface area contributed by atoms with E-state index in [1.807, 2.05) is 74.8 Å². The topological polar surface area (TPSA) is 62.4 Å². The monoisotopic (exact) mass is 560 g/mol. The first-order chi connectivity index (χ1) is 20.5. The Morgan fingerprint density at radius 2 is 0.786 bits per heavy atom. The molecule has 1 heterocycles. The number of benzene rings is 4. The second kappa shape index (κ2) is 13.8. The number of rotatable bonds is 10. The second-order valence-electron chi connectivity index (χ2n) is 10.5. The third-order valence-electron chi connectivity index (χ3n) is 7.62. The van der Waals surface area contributed by atoms with Crippen molar-refractivity contribution in [2.45, 2.75) is 13.8 Å². The van der Waals surface area contributed by atoms with Gasteiger partial charge in [0.25, 0.3) is 0 Å². The third kappa shape index (κ3) is 7.32. The third-order valence-corrected chi connectivity index (χ3v) is 7.62. The average Bonchev–Trinajstić information content (AvgIpc) is 3.05. The summed E-state index contributed by atoms with van der Waals surface area (Å²) >= 11 is 0. The van der Waals surface area contributed by atoms with Crippen LogP contribution in [0.15, 0.2) is 118 Å². The predicted octanol–water partition coefficient (Wildman–Crippen LogP) is 8.76. The lowest BCUT2D eigenvalue weighted by molar-refractivity contribution is 0.653. The molecule has 1 fully saturated rings. The quantitative estimate of drug-likeness (QED) is 0.182. The molecule has 0 atom stereocenters. The second-order valence-corrected chi connectivity index (χ2v) is 10.5. The Balaban J connectivity index is 1.11. The van der Waals surface area contributed by atoms with Gasteiger partial charge in [-0.3, -0.25) is 0 Å². The normalized spacial score (nSPS) is 13.7. The van der Waals surface area contributed by atoms with Gasteiger partial charge in [-0.05, 0) is 111 Å². The Kier molecular flexibility index (Phi) is 9.44. The van der Waals surface area contributed by atoms with Gasteiger partial charge in [0, 0.05) is 76.1 Å². The lowest BCUT2D eigenvalue weighted by Crippen LogP contribution is -2.46. The van der Waals surface area contributed by atoms with Crippen molar-refractivity contribution in [3.63, 3.8) is 0 Å². The summed E-state index contributed by atoms with van der Waals surface area (Å²) in [7, 11) is 4.05. The van der Waals surface area contributed by atoms with Crippen LogP contribution in [0, 0.1) is 0 Å². The maximum absolute atomic E-state index is 4.44. The van der Waals surface area contributed by atoms with Gasteiger partial charge in [0.2, 0.25) is 0 Å². The minimum absolute atomic E-state index is 0.845. The first-order valence-corrected chi connectivity index (χ1v) is 14.7. The molecule has 1 aliphatic heterocycles. The van der Waals surface area contributed by atoms with Crippen molar-refractivity contribution in [3.8, 4) is 0 Å². The van der Waals surface area contributed by atoms with Gasteiger partial charge in [-0.1, -0.05) is 0 Å². The predicted molar refractivity (Wildman–Crippen MR) is 176 cm³/mol. The Hall–Kier alpha value is -4.72. The summed E-state index contributed by atoms with van der Waals surface area (Å²) in [5.74, 6) is 0. The fourth-order valence-corrected chi connectivity index (χ4v) is 5.05. The molecule has 5 rings (SSSR count). The maximum atomic E-state index is 4.44. The van der Waals surface area contributed by atoms with Gasteiger partial charge in [0.05, 0.1) is 22.7 Å². The van der Waals surface area contributed by atoms with E-state index in [0.717, 1.165) is 67.7 Å². The van der Waals surface area contributed by atoms with E-state index in [1.165, 1.54) is 17.1 Å². The van der Waals surface area contributed by atoms with Crippen LogP contribution in [0.25, 0.3) is 0 Å².